The van der Waals surface area contributed by atoms with E-state index in [1.807, 2.05) is 36.4 Å². The molecule has 0 aromatic heterocycles. The molecule has 136 valence electrons. The van der Waals surface area contributed by atoms with E-state index in [1.54, 1.807) is 47.9 Å². The molecular formula is C21H18N2O4. The van der Waals surface area contributed by atoms with Crippen LogP contribution in [0.2, 0.25) is 0 Å². The monoisotopic (exact) mass is 362 g/mol. The highest BCUT2D eigenvalue weighted by Gasteiger charge is 2.07. The molecule has 0 aliphatic heterocycles. The average Bonchev–Trinajstić information content (AvgIpc) is 2.73. The third kappa shape index (κ3) is 4.93. The van der Waals surface area contributed by atoms with Crippen molar-refractivity contribution in [3.8, 4) is 16.9 Å². The van der Waals surface area contributed by atoms with Crippen LogP contribution in [0.25, 0.3) is 11.1 Å². The van der Waals surface area contributed by atoms with Crippen LogP contribution in [-0.2, 0) is 4.79 Å². The first-order valence-corrected chi connectivity index (χ1v) is 8.28. The van der Waals surface area contributed by atoms with Crippen molar-refractivity contribution in [3.63, 3.8) is 0 Å². The zero-order valence-corrected chi connectivity index (χ0v) is 14.4. The minimum absolute atomic E-state index is 0.0841. The van der Waals surface area contributed by atoms with Gasteiger partial charge in [-0.3, -0.25) is 14.8 Å². The standard InChI is InChI=1S/C21H18N2O4/c24-20(14-27-19-7-2-1-3-8-19)22-18-6-4-5-17(13-18)15-9-11-16(12-10-15)21(25)23-26/h1-13,26H,14H2,(H,22,24)(H,23,25). The van der Waals surface area contributed by atoms with Crippen LogP contribution >= 0.6 is 0 Å². The number of anilines is 1. The summed E-state index contributed by atoms with van der Waals surface area (Å²) in [5.41, 5.74) is 4.35. The Bertz CT molecular complexity index is 924. The van der Waals surface area contributed by atoms with Crippen molar-refractivity contribution >= 4 is 17.5 Å². The van der Waals surface area contributed by atoms with E-state index in [0.29, 0.717) is 17.0 Å². The van der Waals surface area contributed by atoms with E-state index in [0.717, 1.165) is 11.1 Å². The van der Waals surface area contributed by atoms with Crippen LogP contribution in [0.4, 0.5) is 5.69 Å². The van der Waals surface area contributed by atoms with Crippen LogP contribution in [0.5, 0.6) is 5.75 Å². The van der Waals surface area contributed by atoms with Gasteiger partial charge in [-0.25, -0.2) is 5.48 Å². The first-order chi connectivity index (χ1) is 13.2. The van der Waals surface area contributed by atoms with Crippen LogP contribution < -0.4 is 15.5 Å². The van der Waals surface area contributed by atoms with E-state index in [9.17, 15) is 9.59 Å². The molecule has 3 aromatic carbocycles. The Morgan fingerprint density at radius 3 is 2.30 bits per heavy atom. The summed E-state index contributed by atoms with van der Waals surface area (Å²) in [6.45, 7) is -0.0841. The van der Waals surface area contributed by atoms with E-state index >= 15 is 0 Å². The number of carbonyl (C=O) groups excluding carboxylic acids is 2. The normalized spacial score (nSPS) is 10.1. The summed E-state index contributed by atoms with van der Waals surface area (Å²) < 4.78 is 5.43. The fourth-order valence-electron chi connectivity index (χ4n) is 2.52. The lowest BCUT2D eigenvalue weighted by Gasteiger charge is -2.09. The van der Waals surface area contributed by atoms with Crippen molar-refractivity contribution in [3.05, 3.63) is 84.4 Å². The van der Waals surface area contributed by atoms with Gasteiger partial charge in [0, 0.05) is 11.3 Å². The Balaban J connectivity index is 1.64. The smallest absolute Gasteiger partial charge is 0.274 e. The number of ether oxygens (including phenoxy) is 1. The summed E-state index contributed by atoms with van der Waals surface area (Å²) in [6, 6.07) is 23.2. The molecule has 0 fully saturated rings. The average molecular weight is 362 g/mol. The second kappa shape index (κ2) is 8.64. The van der Waals surface area contributed by atoms with Gasteiger partial charge in [-0.05, 0) is 47.5 Å². The number of hydroxylamine groups is 1. The predicted octanol–water partition coefficient (Wildman–Crippen LogP) is 3.49. The number of rotatable bonds is 6. The van der Waals surface area contributed by atoms with Crippen LogP contribution in [0.1, 0.15) is 10.4 Å². The maximum atomic E-state index is 12.1. The second-order valence-corrected chi connectivity index (χ2v) is 5.75. The van der Waals surface area contributed by atoms with Crippen molar-refractivity contribution in [1.29, 1.82) is 0 Å². The van der Waals surface area contributed by atoms with Crippen LogP contribution in [-0.4, -0.2) is 23.6 Å². The highest BCUT2D eigenvalue weighted by Crippen LogP contribution is 2.23. The third-order valence-electron chi connectivity index (χ3n) is 3.84. The zero-order valence-electron chi connectivity index (χ0n) is 14.4. The van der Waals surface area contributed by atoms with Gasteiger partial charge >= 0.3 is 0 Å². The second-order valence-electron chi connectivity index (χ2n) is 5.75. The van der Waals surface area contributed by atoms with Gasteiger partial charge < -0.3 is 10.1 Å². The Labute approximate surface area is 156 Å². The zero-order chi connectivity index (χ0) is 19.1. The first kappa shape index (κ1) is 18.2. The molecule has 0 unspecified atom stereocenters. The van der Waals surface area contributed by atoms with E-state index in [1.165, 1.54) is 0 Å². The summed E-state index contributed by atoms with van der Waals surface area (Å²) in [7, 11) is 0. The maximum absolute atomic E-state index is 12.1. The molecule has 6 nitrogen and oxygen atoms in total. The Kier molecular flexibility index (Phi) is 5.81. The van der Waals surface area contributed by atoms with E-state index in [-0.39, 0.29) is 12.5 Å². The summed E-state index contributed by atoms with van der Waals surface area (Å²) in [5, 5.41) is 11.5. The Morgan fingerprint density at radius 1 is 0.852 bits per heavy atom. The molecule has 3 N–H and O–H groups in total. The lowest BCUT2D eigenvalue weighted by molar-refractivity contribution is -0.118. The molecule has 0 bridgehead atoms. The molecule has 0 saturated heterocycles. The largest absolute Gasteiger partial charge is 0.484 e. The number of para-hydroxylation sites is 1. The molecule has 2 amide bonds. The lowest BCUT2D eigenvalue weighted by Crippen LogP contribution is -2.20. The van der Waals surface area contributed by atoms with Crippen molar-refractivity contribution in [2.24, 2.45) is 0 Å². The van der Waals surface area contributed by atoms with Gasteiger partial charge in [0.25, 0.3) is 11.8 Å². The van der Waals surface area contributed by atoms with Gasteiger partial charge in [-0.15, -0.1) is 0 Å². The summed E-state index contributed by atoms with van der Waals surface area (Å²) in [6.07, 6.45) is 0. The van der Waals surface area contributed by atoms with E-state index in [2.05, 4.69) is 5.32 Å². The molecule has 27 heavy (non-hydrogen) atoms. The summed E-state index contributed by atoms with van der Waals surface area (Å²) in [5.74, 6) is -0.194. The molecule has 0 atom stereocenters. The molecule has 3 rings (SSSR count). The molecule has 3 aromatic rings. The summed E-state index contributed by atoms with van der Waals surface area (Å²) in [4.78, 5) is 23.5. The third-order valence-corrected chi connectivity index (χ3v) is 3.84. The first-order valence-electron chi connectivity index (χ1n) is 8.28. The quantitative estimate of drug-likeness (QED) is 0.463. The fourth-order valence-corrected chi connectivity index (χ4v) is 2.52. The Morgan fingerprint density at radius 2 is 1.59 bits per heavy atom. The molecule has 0 aliphatic rings. The predicted molar refractivity (Wildman–Crippen MR) is 102 cm³/mol. The van der Waals surface area contributed by atoms with Crippen LogP contribution in [0.3, 0.4) is 0 Å². The minimum atomic E-state index is -0.569. The fraction of sp³-hybridized carbons (Fsp3) is 0.0476. The number of nitrogens with one attached hydrogen (secondary N) is 2. The Hall–Kier alpha value is -3.64. The molecular weight excluding hydrogens is 344 g/mol. The van der Waals surface area contributed by atoms with Crippen LogP contribution in [0, 0.1) is 0 Å². The molecule has 6 heteroatoms. The van der Waals surface area contributed by atoms with Gasteiger partial charge in [-0.2, -0.15) is 0 Å². The van der Waals surface area contributed by atoms with Gasteiger partial charge in [0.15, 0.2) is 6.61 Å². The molecule has 0 aliphatic carbocycles. The molecule has 0 radical (unpaired) electrons. The van der Waals surface area contributed by atoms with Gasteiger partial charge in [0.1, 0.15) is 5.75 Å². The highest BCUT2D eigenvalue weighted by molar-refractivity contribution is 5.94. The number of hydrogen-bond donors (Lipinski definition) is 3. The number of benzene rings is 3. The molecule has 0 saturated carbocycles. The number of carbonyl (C=O) groups is 2. The summed E-state index contributed by atoms with van der Waals surface area (Å²) >= 11 is 0. The number of amides is 2. The van der Waals surface area contributed by atoms with Crippen molar-refractivity contribution < 1.29 is 19.5 Å². The van der Waals surface area contributed by atoms with E-state index < -0.39 is 5.91 Å². The van der Waals surface area contributed by atoms with Crippen molar-refractivity contribution in [2.75, 3.05) is 11.9 Å². The maximum Gasteiger partial charge on any atom is 0.274 e. The molecule has 0 spiro atoms. The van der Waals surface area contributed by atoms with Crippen LogP contribution in [0.15, 0.2) is 78.9 Å². The highest BCUT2D eigenvalue weighted by atomic mass is 16.5. The van der Waals surface area contributed by atoms with Crippen molar-refractivity contribution in [2.45, 2.75) is 0 Å². The lowest BCUT2D eigenvalue weighted by atomic mass is 10.0. The minimum Gasteiger partial charge on any atom is -0.484 e. The topological polar surface area (TPSA) is 87.7 Å². The number of hydrogen-bond acceptors (Lipinski definition) is 4. The van der Waals surface area contributed by atoms with Gasteiger partial charge in [0.2, 0.25) is 0 Å². The van der Waals surface area contributed by atoms with Crippen molar-refractivity contribution in [1.82, 2.24) is 5.48 Å². The molecule has 0 heterocycles. The van der Waals surface area contributed by atoms with Gasteiger partial charge in [-0.1, -0.05) is 42.5 Å². The van der Waals surface area contributed by atoms with Gasteiger partial charge in [0.05, 0.1) is 0 Å². The SMILES string of the molecule is O=C(COc1ccccc1)Nc1cccc(-c2ccc(C(=O)NO)cc2)c1. The van der Waals surface area contributed by atoms with E-state index in [4.69, 9.17) is 9.94 Å².